The molecule has 5 nitrogen and oxygen atoms in total. The van der Waals surface area contributed by atoms with Gasteiger partial charge < -0.3 is 10.1 Å². The van der Waals surface area contributed by atoms with Gasteiger partial charge in [0.2, 0.25) is 5.91 Å². The zero-order valence-electron chi connectivity index (χ0n) is 10.9. The van der Waals surface area contributed by atoms with E-state index < -0.39 is 0 Å². The van der Waals surface area contributed by atoms with Crippen LogP contribution in [0.2, 0.25) is 0 Å². The van der Waals surface area contributed by atoms with E-state index in [9.17, 15) is 9.59 Å². The van der Waals surface area contributed by atoms with E-state index in [1.54, 1.807) is 0 Å². The summed E-state index contributed by atoms with van der Waals surface area (Å²) in [7, 11) is 0. The molecule has 0 bridgehead atoms. The van der Waals surface area contributed by atoms with Gasteiger partial charge in [-0.25, -0.2) is 0 Å². The fraction of sp³-hybridized carbons (Fsp3) is 0.833. The van der Waals surface area contributed by atoms with Crippen LogP contribution in [-0.2, 0) is 14.3 Å². The highest BCUT2D eigenvalue weighted by Crippen LogP contribution is 2.09. The number of hydrogen-bond donors (Lipinski definition) is 1. The van der Waals surface area contributed by atoms with Crippen molar-refractivity contribution in [1.29, 1.82) is 0 Å². The standard InChI is InChI=1S/C12H22N2O3/c1-4-13-12(16)10-8-17-6-5-14(10)7-11(15)9(2)3/h9-10H,4-8H2,1-3H3,(H,13,16). The van der Waals surface area contributed by atoms with E-state index in [0.29, 0.717) is 32.8 Å². The molecule has 0 aromatic carbocycles. The van der Waals surface area contributed by atoms with Gasteiger partial charge in [0.15, 0.2) is 0 Å². The molecule has 1 saturated heterocycles. The molecule has 1 N–H and O–H groups in total. The summed E-state index contributed by atoms with van der Waals surface area (Å²) in [6.07, 6.45) is 0. The Morgan fingerprint density at radius 3 is 2.76 bits per heavy atom. The Kier molecular flexibility index (Phi) is 5.58. The summed E-state index contributed by atoms with van der Waals surface area (Å²) in [6.45, 7) is 8.17. The van der Waals surface area contributed by atoms with E-state index in [2.05, 4.69) is 5.32 Å². The molecule has 0 aliphatic carbocycles. The molecule has 0 radical (unpaired) electrons. The largest absolute Gasteiger partial charge is 0.378 e. The van der Waals surface area contributed by atoms with Crippen LogP contribution in [-0.4, -0.2) is 55.5 Å². The van der Waals surface area contributed by atoms with Crippen LogP contribution in [0.4, 0.5) is 0 Å². The monoisotopic (exact) mass is 242 g/mol. The summed E-state index contributed by atoms with van der Waals surface area (Å²) in [5.41, 5.74) is 0. The van der Waals surface area contributed by atoms with Crippen LogP contribution in [0.25, 0.3) is 0 Å². The SMILES string of the molecule is CCNC(=O)C1COCCN1CC(=O)C(C)C. The second-order valence-corrected chi connectivity index (χ2v) is 4.58. The second-order valence-electron chi connectivity index (χ2n) is 4.58. The molecule has 5 heteroatoms. The molecular formula is C12H22N2O3. The Morgan fingerprint density at radius 2 is 2.18 bits per heavy atom. The summed E-state index contributed by atoms with van der Waals surface area (Å²) in [4.78, 5) is 25.5. The molecule has 1 aliphatic heterocycles. The highest BCUT2D eigenvalue weighted by Gasteiger charge is 2.30. The number of rotatable bonds is 5. The predicted molar refractivity (Wildman–Crippen MR) is 64.7 cm³/mol. The van der Waals surface area contributed by atoms with Crippen molar-refractivity contribution in [1.82, 2.24) is 10.2 Å². The number of nitrogens with one attached hydrogen (secondary N) is 1. The minimum Gasteiger partial charge on any atom is -0.378 e. The third kappa shape index (κ3) is 4.09. The van der Waals surface area contributed by atoms with E-state index in [1.165, 1.54) is 0 Å². The summed E-state index contributed by atoms with van der Waals surface area (Å²) in [5, 5.41) is 2.78. The number of carbonyl (C=O) groups is 2. The smallest absolute Gasteiger partial charge is 0.239 e. The van der Waals surface area contributed by atoms with Crippen molar-refractivity contribution < 1.29 is 14.3 Å². The van der Waals surface area contributed by atoms with E-state index in [-0.39, 0.29) is 23.7 Å². The lowest BCUT2D eigenvalue weighted by Crippen LogP contribution is -2.55. The average Bonchev–Trinajstić information content (AvgIpc) is 2.29. The van der Waals surface area contributed by atoms with Gasteiger partial charge in [0.05, 0.1) is 19.8 Å². The van der Waals surface area contributed by atoms with Crippen LogP contribution in [0.3, 0.4) is 0 Å². The Balaban J connectivity index is 2.59. The van der Waals surface area contributed by atoms with E-state index in [0.717, 1.165) is 0 Å². The molecule has 1 amide bonds. The number of likely N-dealkylation sites (N-methyl/N-ethyl adjacent to an activating group) is 1. The minimum atomic E-state index is -0.327. The third-order valence-corrected chi connectivity index (χ3v) is 2.90. The minimum absolute atomic E-state index is 0.00716. The molecule has 1 aliphatic rings. The number of morpholine rings is 1. The summed E-state index contributed by atoms with van der Waals surface area (Å²) in [6, 6.07) is -0.327. The highest BCUT2D eigenvalue weighted by atomic mass is 16.5. The van der Waals surface area contributed by atoms with Crippen LogP contribution >= 0.6 is 0 Å². The zero-order chi connectivity index (χ0) is 12.8. The summed E-state index contributed by atoms with van der Waals surface area (Å²) < 4.78 is 5.31. The third-order valence-electron chi connectivity index (χ3n) is 2.90. The maximum atomic E-state index is 11.8. The maximum absolute atomic E-state index is 11.8. The fourth-order valence-corrected chi connectivity index (χ4v) is 1.74. The van der Waals surface area contributed by atoms with Gasteiger partial charge in [-0.2, -0.15) is 0 Å². The van der Waals surface area contributed by atoms with Gasteiger partial charge in [-0.1, -0.05) is 13.8 Å². The Bertz CT molecular complexity index is 279. The topological polar surface area (TPSA) is 58.6 Å². The Morgan fingerprint density at radius 1 is 1.47 bits per heavy atom. The number of carbonyl (C=O) groups excluding carboxylic acids is 2. The average molecular weight is 242 g/mol. The lowest BCUT2D eigenvalue weighted by atomic mass is 10.1. The quantitative estimate of drug-likeness (QED) is 0.740. The summed E-state index contributed by atoms with van der Waals surface area (Å²) >= 11 is 0. The Labute approximate surface area is 102 Å². The molecule has 0 aromatic rings. The molecule has 1 unspecified atom stereocenters. The van der Waals surface area contributed by atoms with Crippen molar-refractivity contribution in [3.05, 3.63) is 0 Å². The molecule has 1 fully saturated rings. The van der Waals surface area contributed by atoms with E-state index in [1.807, 2.05) is 25.7 Å². The molecule has 17 heavy (non-hydrogen) atoms. The van der Waals surface area contributed by atoms with Gasteiger partial charge in [-0.3, -0.25) is 14.5 Å². The van der Waals surface area contributed by atoms with Crippen molar-refractivity contribution in [2.75, 3.05) is 32.8 Å². The van der Waals surface area contributed by atoms with Crippen LogP contribution in [0.1, 0.15) is 20.8 Å². The van der Waals surface area contributed by atoms with Crippen molar-refractivity contribution in [3.8, 4) is 0 Å². The molecule has 1 rings (SSSR count). The second kappa shape index (κ2) is 6.71. The number of Topliss-reactive ketones (excluding diaryl/α,β-unsaturated/α-hetero) is 1. The van der Waals surface area contributed by atoms with Gasteiger partial charge in [0.25, 0.3) is 0 Å². The molecular weight excluding hydrogens is 220 g/mol. The first-order valence-corrected chi connectivity index (χ1v) is 6.18. The van der Waals surface area contributed by atoms with Gasteiger partial charge in [0, 0.05) is 19.0 Å². The highest BCUT2D eigenvalue weighted by molar-refractivity contribution is 5.85. The first-order chi connectivity index (χ1) is 8.06. The van der Waals surface area contributed by atoms with Crippen molar-refractivity contribution in [2.45, 2.75) is 26.8 Å². The first-order valence-electron chi connectivity index (χ1n) is 6.18. The number of nitrogens with zero attached hydrogens (tertiary/aromatic N) is 1. The number of hydrogen-bond acceptors (Lipinski definition) is 4. The number of ether oxygens (including phenoxy) is 1. The Hall–Kier alpha value is -0.940. The lowest BCUT2D eigenvalue weighted by Gasteiger charge is -2.34. The molecule has 0 saturated carbocycles. The number of amides is 1. The first kappa shape index (κ1) is 14.1. The van der Waals surface area contributed by atoms with Gasteiger partial charge >= 0.3 is 0 Å². The lowest BCUT2D eigenvalue weighted by molar-refractivity contribution is -0.135. The predicted octanol–water partition coefficient (Wildman–Crippen LogP) is 0.0484. The number of ketones is 1. The molecule has 0 spiro atoms. The van der Waals surface area contributed by atoms with Crippen LogP contribution in [0.5, 0.6) is 0 Å². The summed E-state index contributed by atoms with van der Waals surface area (Å²) in [5.74, 6) is 0.123. The molecule has 98 valence electrons. The fourth-order valence-electron chi connectivity index (χ4n) is 1.74. The normalized spacial score (nSPS) is 21.5. The van der Waals surface area contributed by atoms with Crippen molar-refractivity contribution in [2.24, 2.45) is 5.92 Å². The van der Waals surface area contributed by atoms with Crippen LogP contribution in [0.15, 0.2) is 0 Å². The van der Waals surface area contributed by atoms with Gasteiger partial charge in [0.1, 0.15) is 11.8 Å². The van der Waals surface area contributed by atoms with Gasteiger partial charge in [-0.05, 0) is 6.92 Å². The molecule has 0 aromatic heterocycles. The van der Waals surface area contributed by atoms with E-state index in [4.69, 9.17) is 4.74 Å². The van der Waals surface area contributed by atoms with E-state index >= 15 is 0 Å². The molecule has 1 atom stereocenters. The van der Waals surface area contributed by atoms with Crippen LogP contribution < -0.4 is 5.32 Å². The van der Waals surface area contributed by atoms with Crippen molar-refractivity contribution in [3.63, 3.8) is 0 Å². The zero-order valence-corrected chi connectivity index (χ0v) is 10.9. The van der Waals surface area contributed by atoms with Crippen LogP contribution in [0, 0.1) is 5.92 Å². The van der Waals surface area contributed by atoms with Crippen molar-refractivity contribution >= 4 is 11.7 Å². The maximum Gasteiger partial charge on any atom is 0.239 e. The van der Waals surface area contributed by atoms with Gasteiger partial charge in [-0.15, -0.1) is 0 Å². The molecule has 1 heterocycles.